The molecular formula is C50H101NO. The van der Waals surface area contributed by atoms with Crippen LogP contribution < -0.4 is 0 Å². The SMILES string of the molecule is C=C.C=C(C)CN(CCCCCCCC)CCCCCCCC(=O)CCCCCCCCCC.CCCCCCCCC(C)CCCCCCCC. The van der Waals surface area contributed by atoms with Crippen molar-refractivity contribution in [3.05, 3.63) is 25.3 Å². The van der Waals surface area contributed by atoms with Crippen LogP contribution in [0.25, 0.3) is 0 Å². The Kier molecular flexibility index (Phi) is 53.4. The summed E-state index contributed by atoms with van der Waals surface area (Å²) < 4.78 is 0. The van der Waals surface area contributed by atoms with E-state index >= 15 is 0 Å². The quantitative estimate of drug-likeness (QED) is 0.0462. The van der Waals surface area contributed by atoms with E-state index < -0.39 is 0 Å². The number of hydrogen-bond acceptors (Lipinski definition) is 2. The van der Waals surface area contributed by atoms with Gasteiger partial charge in [0.05, 0.1) is 0 Å². The monoisotopic (exact) mass is 732 g/mol. The predicted molar refractivity (Wildman–Crippen MR) is 241 cm³/mol. The summed E-state index contributed by atoms with van der Waals surface area (Å²) >= 11 is 0. The first-order chi connectivity index (χ1) is 25.4. The molecule has 0 aliphatic rings. The first kappa shape index (κ1) is 55.4. The van der Waals surface area contributed by atoms with Gasteiger partial charge in [-0.2, -0.15) is 0 Å². The van der Waals surface area contributed by atoms with Crippen LogP contribution >= 0.6 is 0 Å². The summed E-state index contributed by atoms with van der Waals surface area (Å²) in [7, 11) is 0. The zero-order valence-electron chi connectivity index (χ0n) is 37.4. The van der Waals surface area contributed by atoms with Gasteiger partial charge in [0, 0.05) is 19.4 Å². The number of nitrogens with zero attached hydrogens (tertiary/aromatic N) is 1. The lowest BCUT2D eigenvalue weighted by Gasteiger charge is -2.22. The average Bonchev–Trinajstić information content (AvgIpc) is 3.14. The fourth-order valence-corrected chi connectivity index (χ4v) is 7.23. The van der Waals surface area contributed by atoms with Crippen molar-refractivity contribution in [3.63, 3.8) is 0 Å². The van der Waals surface area contributed by atoms with E-state index in [4.69, 9.17) is 0 Å². The lowest BCUT2D eigenvalue weighted by Crippen LogP contribution is -2.27. The maximum Gasteiger partial charge on any atom is 0.132 e. The van der Waals surface area contributed by atoms with E-state index in [0.29, 0.717) is 5.78 Å². The zero-order chi connectivity index (χ0) is 39.2. The second-order valence-electron chi connectivity index (χ2n) is 16.5. The number of unbranched alkanes of at least 4 members (excludes halogenated alkanes) is 26. The van der Waals surface area contributed by atoms with Crippen LogP contribution in [0.2, 0.25) is 0 Å². The van der Waals surface area contributed by atoms with E-state index in [-0.39, 0.29) is 0 Å². The minimum absolute atomic E-state index is 0.502. The minimum Gasteiger partial charge on any atom is -0.300 e. The van der Waals surface area contributed by atoms with Gasteiger partial charge in [-0.1, -0.05) is 233 Å². The molecule has 0 bridgehead atoms. The third-order valence-electron chi connectivity index (χ3n) is 10.7. The highest BCUT2D eigenvalue weighted by molar-refractivity contribution is 5.78. The summed E-state index contributed by atoms with van der Waals surface area (Å²) in [5.74, 6) is 1.48. The van der Waals surface area contributed by atoms with Gasteiger partial charge in [-0.15, -0.1) is 13.2 Å². The molecule has 0 aromatic rings. The van der Waals surface area contributed by atoms with Crippen molar-refractivity contribution >= 4 is 5.78 Å². The lowest BCUT2D eigenvalue weighted by atomic mass is 9.96. The summed E-state index contributed by atoms with van der Waals surface area (Å²) in [6.45, 7) is 27.4. The third kappa shape index (κ3) is 51.2. The normalized spacial score (nSPS) is 11.0. The van der Waals surface area contributed by atoms with Crippen molar-refractivity contribution < 1.29 is 4.79 Å². The van der Waals surface area contributed by atoms with Gasteiger partial charge in [0.15, 0.2) is 0 Å². The average molecular weight is 732 g/mol. The molecule has 0 amide bonds. The van der Waals surface area contributed by atoms with Gasteiger partial charge in [-0.3, -0.25) is 9.69 Å². The second-order valence-corrected chi connectivity index (χ2v) is 16.5. The second kappa shape index (κ2) is 50.1. The summed E-state index contributed by atoms with van der Waals surface area (Å²) in [4.78, 5) is 14.7. The standard InChI is InChI=1S/C30H59NO.C18H38.C2H4/c1-5-7-9-11-13-14-16-20-24-30(32)25-21-17-15-19-23-27-31(28-29(3)4)26-22-18-12-10-8-6-2;1-4-6-8-10-12-14-16-18(3)17-15-13-11-9-7-5-2;1-2/h3,5-28H2,1-2,4H3;18H,4-17H2,1-3H3;1-2H2. The maximum atomic E-state index is 12.1. The predicted octanol–water partition coefficient (Wildman–Crippen LogP) is 17.6. The summed E-state index contributed by atoms with van der Waals surface area (Å²) in [5, 5.41) is 0. The Labute approximate surface area is 331 Å². The van der Waals surface area contributed by atoms with Crippen LogP contribution in [0.4, 0.5) is 0 Å². The van der Waals surface area contributed by atoms with Crippen molar-refractivity contribution in [2.24, 2.45) is 5.92 Å². The fourth-order valence-electron chi connectivity index (χ4n) is 7.23. The molecule has 0 unspecified atom stereocenters. The number of ketones is 1. The number of hydrogen-bond donors (Lipinski definition) is 0. The summed E-state index contributed by atoms with van der Waals surface area (Å²) in [6.07, 6.45) is 46.9. The molecule has 0 aliphatic carbocycles. The molecule has 0 rings (SSSR count). The molecule has 312 valence electrons. The van der Waals surface area contributed by atoms with E-state index in [1.807, 2.05) is 0 Å². The molecule has 0 aromatic heterocycles. The van der Waals surface area contributed by atoms with Gasteiger partial charge in [0.1, 0.15) is 5.78 Å². The maximum absolute atomic E-state index is 12.1. The Bertz CT molecular complexity index is 655. The molecule has 0 saturated carbocycles. The highest BCUT2D eigenvalue weighted by atomic mass is 16.1. The van der Waals surface area contributed by atoms with Crippen molar-refractivity contribution in [2.75, 3.05) is 19.6 Å². The highest BCUT2D eigenvalue weighted by Gasteiger charge is 2.06. The molecule has 2 heteroatoms. The van der Waals surface area contributed by atoms with Crippen molar-refractivity contribution in [3.8, 4) is 0 Å². The van der Waals surface area contributed by atoms with E-state index in [1.165, 1.54) is 218 Å². The number of carbonyl (C=O) groups excluding carboxylic acids is 1. The molecular weight excluding hydrogens is 631 g/mol. The first-order valence-electron chi connectivity index (χ1n) is 23.8. The van der Waals surface area contributed by atoms with Crippen LogP contribution in [0.1, 0.15) is 266 Å². The molecule has 0 saturated heterocycles. The van der Waals surface area contributed by atoms with Crippen LogP contribution in [-0.2, 0) is 4.79 Å². The molecule has 0 N–H and O–H groups in total. The molecule has 2 nitrogen and oxygen atoms in total. The Balaban J connectivity index is -0.00000101. The van der Waals surface area contributed by atoms with E-state index in [9.17, 15) is 4.79 Å². The largest absolute Gasteiger partial charge is 0.300 e. The molecule has 0 aliphatic heterocycles. The zero-order valence-corrected chi connectivity index (χ0v) is 37.4. The van der Waals surface area contributed by atoms with Crippen molar-refractivity contribution in [1.82, 2.24) is 4.90 Å². The molecule has 0 heterocycles. The van der Waals surface area contributed by atoms with Gasteiger partial charge < -0.3 is 0 Å². The Morgan fingerprint density at radius 1 is 0.442 bits per heavy atom. The van der Waals surface area contributed by atoms with Crippen molar-refractivity contribution in [2.45, 2.75) is 266 Å². The van der Waals surface area contributed by atoms with Gasteiger partial charge in [0.2, 0.25) is 0 Å². The van der Waals surface area contributed by atoms with E-state index in [2.05, 4.69) is 66.2 Å². The molecule has 0 fully saturated rings. The first-order valence-corrected chi connectivity index (χ1v) is 23.8. The number of Topliss-reactive ketones (excluding diaryl/α,β-unsaturated/α-hetero) is 1. The number of carbonyl (C=O) groups is 1. The topological polar surface area (TPSA) is 20.3 Å². The molecule has 0 atom stereocenters. The van der Waals surface area contributed by atoms with E-state index in [1.54, 1.807) is 0 Å². The molecule has 0 radical (unpaired) electrons. The van der Waals surface area contributed by atoms with Gasteiger partial charge in [-0.05, 0) is 51.6 Å². The summed E-state index contributed by atoms with van der Waals surface area (Å²) in [6, 6.07) is 0. The van der Waals surface area contributed by atoms with E-state index in [0.717, 1.165) is 38.1 Å². The van der Waals surface area contributed by atoms with Gasteiger partial charge in [0.25, 0.3) is 0 Å². The lowest BCUT2D eigenvalue weighted by molar-refractivity contribution is -0.119. The third-order valence-corrected chi connectivity index (χ3v) is 10.7. The van der Waals surface area contributed by atoms with Crippen LogP contribution in [0, 0.1) is 5.92 Å². The molecule has 0 spiro atoms. The molecule has 0 aromatic carbocycles. The van der Waals surface area contributed by atoms with Gasteiger partial charge >= 0.3 is 0 Å². The highest BCUT2D eigenvalue weighted by Crippen LogP contribution is 2.19. The summed E-state index contributed by atoms with van der Waals surface area (Å²) in [5.41, 5.74) is 1.28. The van der Waals surface area contributed by atoms with Crippen LogP contribution in [0.15, 0.2) is 25.3 Å². The minimum atomic E-state index is 0.502. The van der Waals surface area contributed by atoms with Crippen LogP contribution in [-0.4, -0.2) is 30.3 Å². The molecule has 52 heavy (non-hydrogen) atoms. The smallest absolute Gasteiger partial charge is 0.132 e. The Hall–Kier alpha value is -0.890. The number of rotatable bonds is 40. The van der Waals surface area contributed by atoms with Crippen molar-refractivity contribution in [1.29, 1.82) is 0 Å². The Morgan fingerprint density at radius 3 is 1.02 bits per heavy atom. The van der Waals surface area contributed by atoms with Crippen LogP contribution in [0.5, 0.6) is 0 Å². The fraction of sp³-hybridized carbons (Fsp3) is 0.900. The Morgan fingerprint density at radius 2 is 0.712 bits per heavy atom. The van der Waals surface area contributed by atoms with Crippen LogP contribution in [0.3, 0.4) is 0 Å². The van der Waals surface area contributed by atoms with Gasteiger partial charge in [-0.25, -0.2) is 0 Å².